The molecule has 2 heterocycles. The number of piperidine rings is 1. The highest BCUT2D eigenvalue weighted by Gasteiger charge is 2.34. The Kier molecular flexibility index (Phi) is 6.51. The number of amides is 1. The molecule has 1 N–H and O–H groups in total. The molecule has 1 aliphatic rings. The largest absolute Gasteiger partial charge is 0.497 e. The molecule has 1 saturated heterocycles. The van der Waals surface area contributed by atoms with Gasteiger partial charge < -0.3 is 10.1 Å². The first-order valence-corrected chi connectivity index (χ1v) is 11.3. The summed E-state index contributed by atoms with van der Waals surface area (Å²) in [6.07, 6.45) is 2.61. The molecule has 0 radical (unpaired) electrons. The Morgan fingerprint density at radius 2 is 2.04 bits per heavy atom. The van der Waals surface area contributed by atoms with Crippen LogP contribution < -0.4 is 10.1 Å². The average Bonchev–Trinajstić information content (AvgIpc) is 3.20. The van der Waals surface area contributed by atoms with Crippen molar-refractivity contribution >= 4 is 27.3 Å². The van der Waals surface area contributed by atoms with Crippen molar-refractivity contribution in [3.05, 3.63) is 46.7 Å². The van der Waals surface area contributed by atoms with Crippen LogP contribution in [-0.2, 0) is 21.4 Å². The van der Waals surface area contributed by atoms with Crippen molar-refractivity contribution in [3.8, 4) is 5.75 Å². The normalized spacial score (nSPS) is 18.2. The van der Waals surface area contributed by atoms with Crippen LogP contribution in [0.1, 0.15) is 30.6 Å². The molecule has 2 aromatic rings. The number of nitrogens with one attached hydrogen (secondary N) is 1. The van der Waals surface area contributed by atoms with Crippen LogP contribution in [0.3, 0.4) is 0 Å². The summed E-state index contributed by atoms with van der Waals surface area (Å²) in [7, 11) is -2.10. The van der Waals surface area contributed by atoms with Gasteiger partial charge in [-0.05, 0) is 48.6 Å². The van der Waals surface area contributed by atoms with Crippen molar-refractivity contribution in [1.29, 1.82) is 0 Å². The van der Waals surface area contributed by atoms with E-state index in [-0.39, 0.29) is 23.3 Å². The summed E-state index contributed by atoms with van der Waals surface area (Å²) < 4.78 is 32.7. The van der Waals surface area contributed by atoms with E-state index < -0.39 is 10.0 Å². The molecule has 1 aromatic carbocycles. The number of hydrogen-bond donors (Lipinski definition) is 1. The summed E-state index contributed by atoms with van der Waals surface area (Å²) in [5, 5.41) is 4.86. The van der Waals surface area contributed by atoms with Crippen LogP contribution in [0.15, 0.2) is 46.7 Å². The maximum absolute atomic E-state index is 13.1. The van der Waals surface area contributed by atoms with Crippen LogP contribution in [0.2, 0.25) is 0 Å². The summed E-state index contributed by atoms with van der Waals surface area (Å²) in [5.74, 6) is 0.488. The van der Waals surface area contributed by atoms with E-state index in [2.05, 4.69) is 5.32 Å². The summed E-state index contributed by atoms with van der Waals surface area (Å²) >= 11 is 1.58. The van der Waals surface area contributed by atoms with Gasteiger partial charge in [-0.3, -0.25) is 4.79 Å². The van der Waals surface area contributed by atoms with Gasteiger partial charge in [-0.25, -0.2) is 8.42 Å². The number of benzene rings is 1. The fourth-order valence-electron chi connectivity index (χ4n) is 3.26. The second-order valence-electron chi connectivity index (χ2n) is 6.50. The lowest BCUT2D eigenvalue weighted by molar-refractivity contribution is -0.122. The summed E-state index contributed by atoms with van der Waals surface area (Å²) in [5.41, 5.74) is 0. The second-order valence-corrected chi connectivity index (χ2v) is 9.42. The molecular formula is C19H24N2O4S2. The van der Waals surface area contributed by atoms with Crippen molar-refractivity contribution in [2.45, 2.75) is 43.2 Å². The molecule has 0 unspecified atom stereocenters. The predicted molar refractivity (Wildman–Crippen MR) is 105 cm³/mol. The van der Waals surface area contributed by atoms with E-state index in [4.69, 9.17) is 4.74 Å². The number of ether oxygens (including phenoxy) is 1. The van der Waals surface area contributed by atoms with Gasteiger partial charge in [0, 0.05) is 23.9 Å². The summed E-state index contributed by atoms with van der Waals surface area (Å²) in [6, 6.07) is 9.98. The SMILES string of the molecule is COc1ccc(S(=O)(=O)N2CCCC[C@@H]2CC(=O)NCc2cccs2)cc1. The zero-order valence-corrected chi connectivity index (χ0v) is 16.9. The van der Waals surface area contributed by atoms with Crippen molar-refractivity contribution in [3.63, 3.8) is 0 Å². The molecule has 1 atom stereocenters. The Hall–Kier alpha value is -1.90. The third kappa shape index (κ3) is 4.88. The number of carbonyl (C=O) groups is 1. The van der Waals surface area contributed by atoms with E-state index in [0.29, 0.717) is 25.3 Å². The third-order valence-electron chi connectivity index (χ3n) is 4.70. The maximum atomic E-state index is 13.1. The number of rotatable bonds is 7. The topological polar surface area (TPSA) is 75.7 Å². The van der Waals surface area contributed by atoms with Crippen LogP contribution in [0.25, 0.3) is 0 Å². The van der Waals surface area contributed by atoms with E-state index in [0.717, 1.165) is 17.7 Å². The summed E-state index contributed by atoms with van der Waals surface area (Å²) in [4.78, 5) is 13.7. The van der Waals surface area contributed by atoms with E-state index in [1.165, 1.54) is 4.31 Å². The van der Waals surface area contributed by atoms with Gasteiger partial charge in [0.1, 0.15) is 5.75 Å². The van der Waals surface area contributed by atoms with Gasteiger partial charge >= 0.3 is 0 Å². The molecule has 1 fully saturated rings. The van der Waals surface area contributed by atoms with Crippen LogP contribution >= 0.6 is 11.3 Å². The monoisotopic (exact) mass is 408 g/mol. The molecule has 0 aliphatic carbocycles. The fraction of sp³-hybridized carbons (Fsp3) is 0.421. The van der Waals surface area contributed by atoms with Crippen LogP contribution in [0.4, 0.5) is 0 Å². The molecule has 1 aromatic heterocycles. The van der Waals surface area contributed by atoms with Crippen molar-refractivity contribution < 1.29 is 17.9 Å². The first-order chi connectivity index (χ1) is 13.0. The van der Waals surface area contributed by atoms with Gasteiger partial charge in [-0.15, -0.1) is 11.3 Å². The highest BCUT2D eigenvalue weighted by Crippen LogP contribution is 2.28. The maximum Gasteiger partial charge on any atom is 0.243 e. The fourth-order valence-corrected chi connectivity index (χ4v) is 5.60. The number of carbonyl (C=O) groups excluding carboxylic acids is 1. The smallest absolute Gasteiger partial charge is 0.243 e. The molecule has 1 amide bonds. The minimum absolute atomic E-state index is 0.120. The van der Waals surface area contributed by atoms with Crippen LogP contribution in [0, 0.1) is 0 Å². The molecule has 0 saturated carbocycles. The van der Waals surface area contributed by atoms with Crippen molar-refractivity contribution in [2.24, 2.45) is 0 Å². The van der Waals surface area contributed by atoms with E-state index in [1.54, 1.807) is 42.7 Å². The number of thiophene rings is 1. The Morgan fingerprint density at radius 1 is 1.26 bits per heavy atom. The van der Waals surface area contributed by atoms with Gasteiger partial charge in [0.05, 0.1) is 18.6 Å². The highest BCUT2D eigenvalue weighted by atomic mass is 32.2. The summed E-state index contributed by atoms with van der Waals surface area (Å²) in [6.45, 7) is 0.922. The zero-order valence-electron chi connectivity index (χ0n) is 15.3. The minimum Gasteiger partial charge on any atom is -0.497 e. The zero-order chi connectivity index (χ0) is 19.3. The molecular weight excluding hydrogens is 384 g/mol. The molecule has 6 nitrogen and oxygen atoms in total. The molecule has 3 rings (SSSR count). The Labute approximate surface area is 164 Å². The first kappa shape index (κ1) is 19.9. The van der Waals surface area contributed by atoms with E-state index >= 15 is 0 Å². The second kappa shape index (κ2) is 8.86. The molecule has 0 spiro atoms. The standard InChI is InChI=1S/C19H24N2O4S2/c1-25-16-7-9-18(10-8-16)27(23,24)21-11-3-2-5-15(21)13-19(22)20-14-17-6-4-12-26-17/h4,6-10,12,15H,2-3,5,11,13-14H2,1H3,(H,20,22)/t15-/m1/s1. The number of sulfonamides is 1. The first-order valence-electron chi connectivity index (χ1n) is 8.95. The lowest BCUT2D eigenvalue weighted by Gasteiger charge is -2.34. The lowest BCUT2D eigenvalue weighted by Crippen LogP contribution is -2.45. The highest BCUT2D eigenvalue weighted by molar-refractivity contribution is 7.89. The van der Waals surface area contributed by atoms with Gasteiger partial charge in [0.15, 0.2) is 0 Å². The molecule has 146 valence electrons. The van der Waals surface area contributed by atoms with Crippen LogP contribution in [-0.4, -0.2) is 38.3 Å². The average molecular weight is 409 g/mol. The predicted octanol–water partition coefficient (Wildman–Crippen LogP) is 3.01. The molecule has 0 bridgehead atoms. The van der Waals surface area contributed by atoms with Crippen molar-refractivity contribution in [2.75, 3.05) is 13.7 Å². The van der Waals surface area contributed by atoms with Gasteiger partial charge in [-0.1, -0.05) is 12.5 Å². The number of hydrogen-bond acceptors (Lipinski definition) is 5. The third-order valence-corrected chi connectivity index (χ3v) is 7.54. The Bertz CT molecular complexity index is 848. The number of nitrogens with zero attached hydrogens (tertiary/aromatic N) is 1. The quantitative estimate of drug-likeness (QED) is 0.764. The minimum atomic E-state index is -3.64. The van der Waals surface area contributed by atoms with Crippen LogP contribution in [0.5, 0.6) is 5.75 Å². The molecule has 1 aliphatic heterocycles. The van der Waals surface area contributed by atoms with E-state index in [1.807, 2.05) is 17.5 Å². The van der Waals surface area contributed by atoms with Gasteiger partial charge in [0.25, 0.3) is 0 Å². The van der Waals surface area contributed by atoms with Gasteiger partial charge in [-0.2, -0.15) is 4.31 Å². The lowest BCUT2D eigenvalue weighted by atomic mass is 10.0. The van der Waals surface area contributed by atoms with Crippen molar-refractivity contribution in [1.82, 2.24) is 9.62 Å². The van der Waals surface area contributed by atoms with Gasteiger partial charge in [0.2, 0.25) is 15.9 Å². The molecule has 8 heteroatoms. The Morgan fingerprint density at radius 3 is 2.70 bits per heavy atom. The molecule has 27 heavy (non-hydrogen) atoms. The Balaban J connectivity index is 1.69. The number of methoxy groups -OCH3 is 1. The van der Waals surface area contributed by atoms with E-state index in [9.17, 15) is 13.2 Å².